The number of hydrogen-bond donors (Lipinski definition) is 2. The molecule has 24 heavy (non-hydrogen) atoms. The van der Waals surface area contributed by atoms with Gasteiger partial charge in [0, 0.05) is 24.1 Å². The van der Waals surface area contributed by atoms with Crippen molar-refractivity contribution in [2.75, 3.05) is 17.7 Å². The number of amides is 1. The number of anilines is 2. The van der Waals surface area contributed by atoms with Crippen molar-refractivity contribution in [1.82, 2.24) is 0 Å². The number of hydrogen-bond acceptors (Lipinski definition) is 4. The molecule has 5 nitrogen and oxygen atoms in total. The number of carbonyl (C=O) groups is 1. The van der Waals surface area contributed by atoms with Gasteiger partial charge in [-0.1, -0.05) is 20.8 Å². The molecule has 1 unspecified atom stereocenters. The molecule has 1 amide bonds. The van der Waals surface area contributed by atoms with Gasteiger partial charge >= 0.3 is 0 Å². The molecule has 0 aliphatic carbocycles. The van der Waals surface area contributed by atoms with Crippen LogP contribution in [-0.4, -0.2) is 27.7 Å². The molecule has 1 atom stereocenters. The molecule has 0 saturated heterocycles. The molecule has 2 rings (SSSR count). The molecular weight excluding hydrogens is 320 g/mol. The van der Waals surface area contributed by atoms with Crippen LogP contribution >= 0.6 is 0 Å². The Kier molecular flexibility index (Phi) is 5.93. The van der Waals surface area contributed by atoms with Crippen LogP contribution in [-0.2, 0) is 15.6 Å². The molecule has 1 radical (unpaired) electrons. The van der Waals surface area contributed by atoms with E-state index in [1.165, 1.54) is 0 Å². The molecule has 0 fully saturated rings. The first-order valence-electron chi connectivity index (χ1n) is 8.49. The molecule has 1 heterocycles. The van der Waals surface area contributed by atoms with E-state index in [0.29, 0.717) is 30.9 Å². The normalized spacial score (nSPS) is 15.8. The van der Waals surface area contributed by atoms with Gasteiger partial charge in [-0.05, 0) is 37.1 Å². The highest BCUT2D eigenvalue weighted by atomic mass is 28.3. The Morgan fingerprint density at radius 1 is 1.29 bits per heavy atom. The monoisotopic (exact) mass is 349 g/mol. The Balaban J connectivity index is 2.05. The Labute approximate surface area is 146 Å². The van der Waals surface area contributed by atoms with Crippen molar-refractivity contribution in [2.24, 2.45) is 5.41 Å². The predicted octanol–water partition coefficient (Wildman–Crippen LogP) is 3.60. The molecule has 1 aromatic carbocycles. The fraction of sp³-hybridized carbons (Fsp3) is 0.611. The molecule has 0 aromatic heterocycles. The van der Waals surface area contributed by atoms with E-state index >= 15 is 0 Å². The number of ether oxygens (including phenoxy) is 1. The summed E-state index contributed by atoms with van der Waals surface area (Å²) in [7, 11) is -0.766. The minimum atomic E-state index is -0.766. The quantitative estimate of drug-likeness (QED) is 0.608. The van der Waals surface area contributed by atoms with Crippen LogP contribution in [0.4, 0.5) is 11.4 Å². The number of nitrogen functional groups attached to an aromatic ring is 1. The zero-order valence-electron chi connectivity index (χ0n) is 15.4. The van der Waals surface area contributed by atoms with Gasteiger partial charge in [-0.15, -0.1) is 0 Å². The molecule has 0 bridgehead atoms. The van der Waals surface area contributed by atoms with Gasteiger partial charge in [0.2, 0.25) is 14.9 Å². The van der Waals surface area contributed by atoms with Gasteiger partial charge < -0.3 is 20.2 Å². The SMILES string of the molecule is C[Si](C)OC(CCOc1ccc(N)c2c1NC(=O)CC2)C(C)(C)C. The topological polar surface area (TPSA) is 73.6 Å². The average Bonchev–Trinajstić information content (AvgIpc) is 2.47. The van der Waals surface area contributed by atoms with E-state index in [4.69, 9.17) is 14.9 Å². The van der Waals surface area contributed by atoms with Crippen LogP contribution in [0.1, 0.15) is 39.2 Å². The van der Waals surface area contributed by atoms with E-state index in [0.717, 1.165) is 17.7 Å². The van der Waals surface area contributed by atoms with E-state index in [1.807, 2.05) is 12.1 Å². The molecule has 0 spiro atoms. The van der Waals surface area contributed by atoms with Crippen molar-refractivity contribution in [3.63, 3.8) is 0 Å². The van der Waals surface area contributed by atoms with Crippen LogP contribution in [0, 0.1) is 5.41 Å². The highest BCUT2D eigenvalue weighted by Gasteiger charge is 2.27. The highest BCUT2D eigenvalue weighted by molar-refractivity contribution is 6.48. The van der Waals surface area contributed by atoms with Crippen molar-refractivity contribution in [1.29, 1.82) is 0 Å². The molecule has 0 saturated carbocycles. The van der Waals surface area contributed by atoms with Gasteiger partial charge in [-0.25, -0.2) is 0 Å². The van der Waals surface area contributed by atoms with Crippen molar-refractivity contribution in [3.05, 3.63) is 17.7 Å². The van der Waals surface area contributed by atoms with Gasteiger partial charge in [0.25, 0.3) is 0 Å². The predicted molar refractivity (Wildman–Crippen MR) is 99.7 cm³/mol. The van der Waals surface area contributed by atoms with Crippen LogP contribution in [0.2, 0.25) is 13.1 Å². The average molecular weight is 350 g/mol. The van der Waals surface area contributed by atoms with E-state index < -0.39 is 9.04 Å². The molecule has 3 N–H and O–H groups in total. The lowest BCUT2D eigenvalue weighted by molar-refractivity contribution is -0.116. The van der Waals surface area contributed by atoms with E-state index in [-0.39, 0.29) is 17.4 Å². The number of fused-ring (bicyclic) bond motifs is 1. The summed E-state index contributed by atoms with van der Waals surface area (Å²) in [5.41, 5.74) is 8.50. The van der Waals surface area contributed by atoms with E-state index in [1.54, 1.807) is 0 Å². The fourth-order valence-electron chi connectivity index (χ4n) is 2.84. The first-order valence-corrected chi connectivity index (χ1v) is 10.9. The van der Waals surface area contributed by atoms with Gasteiger partial charge in [0.15, 0.2) is 0 Å². The summed E-state index contributed by atoms with van der Waals surface area (Å²) in [6.07, 6.45) is 2.10. The van der Waals surface area contributed by atoms with Crippen LogP contribution in [0.3, 0.4) is 0 Å². The summed E-state index contributed by atoms with van der Waals surface area (Å²) >= 11 is 0. The molecule has 1 aromatic rings. The summed E-state index contributed by atoms with van der Waals surface area (Å²) in [6.45, 7) is 11.4. The minimum Gasteiger partial charge on any atom is -0.491 e. The summed E-state index contributed by atoms with van der Waals surface area (Å²) in [5, 5.41) is 2.90. The Hall–Kier alpha value is -1.53. The molecule has 6 heteroatoms. The summed E-state index contributed by atoms with van der Waals surface area (Å²) in [6, 6.07) is 3.68. The lowest BCUT2D eigenvalue weighted by atomic mass is 9.87. The smallest absolute Gasteiger partial charge is 0.224 e. The molecule has 1 aliphatic rings. The lowest BCUT2D eigenvalue weighted by Crippen LogP contribution is -2.34. The van der Waals surface area contributed by atoms with Gasteiger partial charge in [-0.3, -0.25) is 4.79 Å². The second-order valence-corrected chi connectivity index (χ2v) is 9.62. The largest absolute Gasteiger partial charge is 0.491 e. The van der Waals surface area contributed by atoms with Gasteiger partial charge in [0.05, 0.1) is 18.4 Å². The van der Waals surface area contributed by atoms with Crippen molar-refractivity contribution < 1.29 is 14.0 Å². The number of nitrogens with two attached hydrogens (primary N) is 1. The minimum absolute atomic E-state index is 0.0121. The van der Waals surface area contributed by atoms with Crippen LogP contribution in [0.25, 0.3) is 0 Å². The molecular formula is C18H29N2O3Si. The fourth-order valence-corrected chi connectivity index (χ4v) is 3.88. The Morgan fingerprint density at radius 3 is 2.62 bits per heavy atom. The third kappa shape index (κ3) is 4.74. The zero-order valence-corrected chi connectivity index (χ0v) is 16.4. The standard InChI is InChI=1S/C18H29N2O3Si/c1-18(2,3)15(23-24(4)5)10-11-22-14-8-7-13(19)12-6-9-16(21)20-17(12)14/h7-8,15H,6,9-11,19H2,1-5H3,(H,20,21). The van der Waals surface area contributed by atoms with Crippen LogP contribution in [0.5, 0.6) is 5.75 Å². The van der Waals surface area contributed by atoms with E-state index in [9.17, 15) is 4.79 Å². The lowest BCUT2D eigenvalue weighted by Gasteiger charge is -2.32. The van der Waals surface area contributed by atoms with Gasteiger partial charge in [-0.2, -0.15) is 0 Å². The Morgan fingerprint density at radius 2 is 2.00 bits per heavy atom. The van der Waals surface area contributed by atoms with Crippen LogP contribution < -0.4 is 15.8 Å². The number of nitrogens with one attached hydrogen (secondary N) is 1. The summed E-state index contributed by atoms with van der Waals surface area (Å²) in [4.78, 5) is 11.7. The molecule has 133 valence electrons. The van der Waals surface area contributed by atoms with E-state index in [2.05, 4.69) is 39.2 Å². The second kappa shape index (κ2) is 7.57. The Bertz CT molecular complexity index is 597. The second-order valence-electron chi connectivity index (χ2n) is 7.57. The first kappa shape index (κ1) is 18.8. The van der Waals surface area contributed by atoms with Crippen molar-refractivity contribution in [2.45, 2.75) is 59.2 Å². The maximum absolute atomic E-state index is 11.7. The highest BCUT2D eigenvalue weighted by Crippen LogP contribution is 2.36. The summed E-state index contributed by atoms with van der Waals surface area (Å²) < 4.78 is 12.1. The zero-order chi connectivity index (χ0) is 17.9. The number of carbonyl (C=O) groups excluding carboxylic acids is 1. The van der Waals surface area contributed by atoms with Crippen LogP contribution in [0.15, 0.2) is 12.1 Å². The third-order valence-electron chi connectivity index (χ3n) is 4.16. The van der Waals surface area contributed by atoms with Crippen molar-refractivity contribution >= 4 is 26.3 Å². The number of benzene rings is 1. The maximum Gasteiger partial charge on any atom is 0.224 e. The molecule has 1 aliphatic heterocycles. The maximum atomic E-state index is 11.7. The first-order chi connectivity index (χ1) is 11.2. The number of rotatable bonds is 6. The van der Waals surface area contributed by atoms with Crippen molar-refractivity contribution in [3.8, 4) is 5.75 Å². The van der Waals surface area contributed by atoms with Gasteiger partial charge in [0.1, 0.15) is 5.75 Å². The summed E-state index contributed by atoms with van der Waals surface area (Å²) in [5.74, 6) is 0.705. The third-order valence-corrected chi connectivity index (χ3v) is 4.91.